The summed E-state index contributed by atoms with van der Waals surface area (Å²) < 4.78 is 0. The van der Waals surface area contributed by atoms with Crippen LogP contribution in [0, 0.1) is 0 Å². The first-order valence-corrected chi connectivity index (χ1v) is 5.85. The number of aromatic amines is 1. The van der Waals surface area contributed by atoms with E-state index in [0.29, 0.717) is 0 Å². The van der Waals surface area contributed by atoms with Crippen LogP contribution >= 0.6 is 0 Å². The van der Waals surface area contributed by atoms with Crippen molar-refractivity contribution in [2.45, 2.75) is 13.0 Å². The van der Waals surface area contributed by atoms with Crippen molar-refractivity contribution >= 4 is 10.9 Å². The molecule has 1 heterocycles. The van der Waals surface area contributed by atoms with Crippen molar-refractivity contribution in [2.24, 2.45) is 0 Å². The van der Waals surface area contributed by atoms with Gasteiger partial charge in [-0.3, -0.25) is 4.79 Å². The number of aliphatic hydroxyl groups is 1. The first kappa shape index (κ1) is 11.8. The summed E-state index contributed by atoms with van der Waals surface area (Å²) >= 11 is 0. The highest BCUT2D eigenvalue weighted by atomic mass is 16.3. The van der Waals surface area contributed by atoms with Crippen LogP contribution in [0.3, 0.4) is 0 Å². The van der Waals surface area contributed by atoms with E-state index in [1.807, 2.05) is 24.3 Å². The largest absolute Gasteiger partial charge is 0.396 e. The van der Waals surface area contributed by atoms with Gasteiger partial charge in [-0.25, -0.2) is 0 Å². The van der Waals surface area contributed by atoms with Gasteiger partial charge in [-0.15, -0.1) is 0 Å². The smallest absolute Gasteiger partial charge is 0.248 e. The molecule has 4 N–H and O–H groups in total. The molecule has 0 amide bonds. The van der Waals surface area contributed by atoms with E-state index in [1.54, 1.807) is 6.07 Å². The first-order chi connectivity index (χ1) is 8.31. The molecule has 17 heavy (non-hydrogen) atoms. The van der Waals surface area contributed by atoms with Gasteiger partial charge in [-0.05, 0) is 6.07 Å². The van der Waals surface area contributed by atoms with E-state index in [0.717, 1.165) is 36.0 Å². The monoisotopic (exact) mass is 233 g/mol. The van der Waals surface area contributed by atoms with Gasteiger partial charge in [0, 0.05) is 35.6 Å². The number of hydrogen-bond donors (Lipinski definition) is 3. The Kier molecular flexibility index (Phi) is 3.90. The molecule has 0 bridgehead atoms. The summed E-state index contributed by atoms with van der Waals surface area (Å²) in [7, 11) is 0. The maximum atomic E-state index is 11.5. The maximum Gasteiger partial charge on any atom is 0.248 e. The van der Waals surface area contributed by atoms with E-state index in [1.165, 1.54) is 0 Å². The number of aliphatic hydroxyl groups excluding tert-OH is 1. The third kappa shape index (κ3) is 2.93. The van der Waals surface area contributed by atoms with Crippen LogP contribution < -0.4 is 10.9 Å². The van der Waals surface area contributed by atoms with Crippen molar-refractivity contribution in [1.82, 2.24) is 4.98 Å². The molecule has 0 aliphatic rings. The Bertz CT molecular complexity index is 548. The molecule has 0 fully saturated rings. The third-order valence-electron chi connectivity index (χ3n) is 2.77. The fourth-order valence-corrected chi connectivity index (χ4v) is 1.94. The molecular formula is C13H17N2O2+. The van der Waals surface area contributed by atoms with Crippen LogP contribution in [0.5, 0.6) is 0 Å². The van der Waals surface area contributed by atoms with Crippen molar-refractivity contribution in [3.8, 4) is 0 Å². The molecule has 0 unspecified atom stereocenters. The van der Waals surface area contributed by atoms with Gasteiger partial charge < -0.3 is 15.4 Å². The van der Waals surface area contributed by atoms with Crippen molar-refractivity contribution in [3.05, 3.63) is 46.2 Å². The number of nitrogens with one attached hydrogen (secondary N) is 1. The van der Waals surface area contributed by atoms with Crippen molar-refractivity contribution < 1.29 is 10.4 Å². The summed E-state index contributed by atoms with van der Waals surface area (Å²) in [5.41, 5.74) is 1.86. The van der Waals surface area contributed by atoms with Gasteiger partial charge >= 0.3 is 0 Å². The molecule has 0 aliphatic heterocycles. The van der Waals surface area contributed by atoms with E-state index < -0.39 is 0 Å². The topological polar surface area (TPSA) is 69.7 Å². The second-order valence-corrected chi connectivity index (χ2v) is 4.06. The molecule has 1 aromatic carbocycles. The number of rotatable bonds is 5. The number of fused-ring (bicyclic) bond motifs is 1. The summed E-state index contributed by atoms with van der Waals surface area (Å²) in [4.78, 5) is 14.3. The van der Waals surface area contributed by atoms with Crippen LogP contribution in [0.25, 0.3) is 10.9 Å². The Labute approximate surface area is 99.3 Å². The predicted octanol–water partition coefficient (Wildman–Crippen LogP) is -0.0261. The number of quaternary nitrogens is 1. The second kappa shape index (κ2) is 5.61. The van der Waals surface area contributed by atoms with Crippen LogP contribution in [-0.4, -0.2) is 23.2 Å². The molecule has 0 aliphatic carbocycles. The summed E-state index contributed by atoms with van der Waals surface area (Å²) in [6.45, 7) is 1.86. The van der Waals surface area contributed by atoms with Gasteiger partial charge in [0.2, 0.25) is 5.56 Å². The van der Waals surface area contributed by atoms with E-state index in [4.69, 9.17) is 5.11 Å². The number of hydrogen-bond acceptors (Lipinski definition) is 2. The number of benzene rings is 1. The fraction of sp³-hybridized carbons (Fsp3) is 0.308. The molecule has 2 rings (SSSR count). The lowest BCUT2D eigenvalue weighted by molar-refractivity contribution is -0.670. The molecule has 0 saturated carbocycles. The van der Waals surface area contributed by atoms with Gasteiger partial charge in [-0.1, -0.05) is 18.2 Å². The van der Waals surface area contributed by atoms with E-state index in [9.17, 15) is 4.79 Å². The van der Waals surface area contributed by atoms with Gasteiger partial charge in [-0.2, -0.15) is 0 Å². The van der Waals surface area contributed by atoms with Gasteiger partial charge in [0.25, 0.3) is 0 Å². The molecule has 90 valence electrons. The first-order valence-electron chi connectivity index (χ1n) is 5.85. The molecule has 4 nitrogen and oxygen atoms in total. The summed E-state index contributed by atoms with van der Waals surface area (Å²) in [6, 6.07) is 9.46. The minimum absolute atomic E-state index is 0.0609. The lowest BCUT2D eigenvalue weighted by Gasteiger charge is -2.05. The summed E-state index contributed by atoms with van der Waals surface area (Å²) in [5, 5.41) is 11.9. The Morgan fingerprint density at radius 3 is 2.94 bits per heavy atom. The minimum Gasteiger partial charge on any atom is -0.396 e. The van der Waals surface area contributed by atoms with Crippen molar-refractivity contribution in [1.29, 1.82) is 0 Å². The van der Waals surface area contributed by atoms with Gasteiger partial charge in [0.05, 0.1) is 6.54 Å². The fourth-order valence-electron chi connectivity index (χ4n) is 1.94. The average molecular weight is 233 g/mol. The highest BCUT2D eigenvalue weighted by molar-refractivity contribution is 5.81. The molecule has 0 spiro atoms. The van der Waals surface area contributed by atoms with Crippen LogP contribution in [-0.2, 0) is 6.54 Å². The summed E-state index contributed by atoms with van der Waals surface area (Å²) in [6.07, 6.45) is 0.779. The lowest BCUT2D eigenvalue weighted by atomic mass is 10.1. The number of aromatic nitrogens is 1. The normalized spacial score (nSPS) is 10.9. The van der Waals surface area contributed by atoms with Crippen LogP contribution in [0.2, 0.25) is 0 Å². The quantitative estimate of drug-likeness (QED) is 0.635. The molecule has 2 aromatic rings. The maximum absolute atomic E-state index is 11.5. The van der Waals surface area contributed by atoms with Crippen molar-refractivity contribution in [2.75, 3.05) is 13.2 Å². The minimum atomic E-state index is -0.0609. The lowest BCUT2D eigenvalue weighted by Crippen LogP contribution is -2.82. The molecule has 4 heteroatoms. The molecule has 0 saturated heterocycles. The Morgan fingerprint density at radius 2 is 2.12 bits per heavy atom. The standard InChI is InChI=1S/C13H16N2O2/c16-7-3-6-14-9-10-8-13(17)15-12-5-2-1-4-11(10)12/h1-2,4-5,8,14,16H,3,6-7,9H2,(H,15,17)/p+1. The van der Waals surface area contributed by atoms with Crippen molar-refractivity contribution in [3.63, 3.8) is 0 Å². The zero-order valence-electron chi connectivity index (χ0n) is 9.65. The van der Waals surface area contributed by atoms with E-state index in [-0.39, 0.29) is 12.2 Å². The van der Waals surface area contributed by atoms with E-state index >= 15 is 0 Å². The van der Waals surface area contributed by atoms with Gasteiger partial charge in [0.1, 0.15) is 6.54 Å². The molecule has 1 aromatic heterocycles. The second-order valence-electron chi connectivity index (χ2n) is 4.06. The summed E-state index contributed by atoms with van der Waals surface area (Å²) in [5.74, 6) is 0. The zero-order chi connectivity index (χ0) is 12.1. The highest BCUT2D eigenvalue weighted by Crippen LogP contribution is 2.12. The molecular weight excluding hydrogens is 216 g/mol. The number of nitrogens with two attached hydrogens (primary N) is 1. The SMILES string of the molecule is O=c1cc(C[NH2+]CCCO)c2ccccc2[nH]1. The Morgan fingerprint density at radius 1 is 1.29 bits per heavy atom. The van der Waals surface area contributed by atoms with E-state index in [2.05, 4.69) is 10.3 Å². The zero-order valence-corrected chi connectivity index (χ0v) is 9.65. The van der Waals surface area contributed by atoms with Crippen LogP contribution in [0.15, 0.2) is 35.1 Å². The third-order valence-corrected chi connectivity index (χ3v) is 2.77. The Balaban J connectivity index is 2.23. The number of pyridine rings is 1. The van der Waals surface area contributed by atoms with Gasteiger partial charge in [0.15, 0.2) is 0 Å². The highest BCUT2D eigenvalue weighted by Gasteiger charge is 2.04. The predicted molar refractivity (Wildman–Crippen MR) is 66.8 cm³/mol. The van der Waals surface area contributed by atoms with Crippen LogP contribution in [0.4, 0.5) is 0 Å². The molecule has 0 atom stereocenters. The Hall–Kier alpha value is -1.65. The average Bonchev–Trinajstić information content (AvgIpc) is 2.34. The number of para-hydroxylation sites is 1. The number of H-pyrrole nitrogens is 1. The molecule has 0 radical (unpaired) electrons. The van der Waals surface area contributed by atoms with Crippen LogP contribution in [0.1, 0.15) is 12.0 Å².